The predicted molar refractivity (Wildman–Crippen MR) is 125 cm³/mol. The van der Waals surface area contributed by atoms with Crippen LogP contribution in [0.2, 0.25) is 0 Å². The fourth-order valence-electron chi connectivity index (χ4n) is 3.89. The number of aryl methyl sites for hydroxylation is 1. The van der Waals surface area contributed by atoms with Gasteiger partial charge in [-0.25, -0.2) is 23.1 Å². The number of ketones is 2. The van der Waals surface area contributed by atoms with Crippen molar-refractivity contribution in [2.75, 3.05) is 6.54 Å². The Kier molecular flexibility index (Phi) is 8.62. The minimum Gasteiger partial charge on any atom is -0.349 e. The second kappa shape index (κ2) is 11.4. The fourth-order valence-corrected chi connectivity index (χ4v) is 5.28. The molecule has 182 valence electrons. The molecule has 2 N–H and O–H groups in total. The van der Waals surface area contributed by atoms with Crippen molar-refractivity contribution in [2.45, 2.75) is 56.9 Å². The highest BCUT2D eigenvalue weighted by Crippen LogP contribution is 2.20. The Bertz CT molecular complexity index is 1140. The standard InChI is InChI=1S/C24H30N4O5S/c1-16(2)22(28-34(32,33)19-8-4-3-5-9-19)20(29)15-17-7-6-10-21-25-13-11-18(27-21)12-14-26-24(31)23(17)30/h3-5,8-9,11,13,16-17,22,28H,6-7,10,12,14-15H2,1-2H3,(H,26,31). The Labute approximate surface area is 199 Å². The summed E-state index contributed by atoms with van der Waals surface area (Å²) in [6.07, 6.45) is 3.23. The summed E-state index contributed by atoms with van der Waals surface area (Å²) in [5, 5.41) is 2.60. The third kappa shape index (κ3) is 6.77. The van der Waals surface area contributed by atoms with Crippen molar-refractivity contribution < 1.29 is 22.8 Å². The highest BCUT2D eigenvalue weighted by Gasteiger charge is 2.33. The lowest BCUT2D eigenvalue weighted by atomic mass is 9.87. The molecule has 3 rings (SSSR count). The maximum absolute atomic E-state index is 13.2. The van der Waals surface area contributed by atoms with Gasteiger partial charge in [0.15, 0.2) is 5.78 Å². The second-order valence-corrected chi connectivity index (χ2v) is 10.5. The molecule has 1 aromatic heterocycles. The lowest BCUT2D eigenvalue weighted by molar-refractivity contribution is -0.141. The Morgan fingerprint density at radius 3 is 2.59 bits per heavy atom. The van der Waals surface area contributed by atoms with Gasteiger partial charge in [-0.1, -0.05) is 32.0 Å². The molecule has 1 amide bonds. The molecule has 2 heterocycles. The van der Waals surface area contributed by atoms with Crippen LogP contribution in [0.5, 0.6) is 0 Å². The van der Waals surface area contributed by atoms with Gasteiger partial charge in [-0.05, 0) is 37.0 Å². The second-order valence-electron chi connectivity index (χ2n) is 8.75. The average molecular weight is 487 g/mol. The highest BCUT2D eigenvalue weighted by atomic mass is 32.2. The summed E-state index contributed by atoms with van der Waals surface area (Å²) < 4.78 is 28.1. The third-order valence-electron chi connectivity index (χ3n) is 5.77. The predicted octanol–water partition coefficient (Wildman–Crippen LogP) is 1.62. The number of amides is 1. The number of Topliss-reactive ketones (excluding diaryl/α,β-unsaturated/α-hetero) is 2. The van der Waals surface area contributed by atoms with Crippen LogP contribution in [-0.2, 0) is 37.2 Å². The van der Waals surface area contributed by atoms with Crippen LogP contribution in [0.3, 0.4) is 0 Å². The number of nitrogens with zero attached hydrogens (tertiary/aromatic N) is 2. The number of carbonyl (C=O) groups excluding carboxylic acids is 3. The molecule has 2 aromatic rings. The summed E-state index contributed by atoms with van der Waals surface area (Å²) in [7, 11) is -3.93. The maximum Gasteiger partial charge on any atom is 0.287 e. The summed E-state index contributed by atoms with van der Waals surface area (Å²) in [5.41, 5.74) is 0.788. The molecule has 2 bridgehead atoms. The van der Waals surface area contributed by atoms with Crippen LogP contribution in [0, 0.1) is 11.8 Å². The Morgan fingerprint density at radius 2 is 1.88 bits per heavy atom. The van der Waals surface area contributed by atoms with E-state index in [0.29, 0.717) is 31.5 Å². The molecule has 1 aromatic carbocycles. The van der Waals surface area contributed by atoms with Crippen molar-refractivity contribution in [1.29, 1.82) is 0 Å². The van der Waals surface area contributed by atoms with Crippen LogP contribution >= 0.6 is 0 Å². The van der Waals surface area contributed by atoms with Crippen LogP contribution in [0.15, 0.2) is 47.5 Å². The van der Waals surface area contributed by atoms with Gasteiger partial charge in [0.25, 0.3) is 5.91 Å². The fraction of sp³-hybridized carbons (Fsp3) is 0.458. The van der Waals surface area contributed by atoms with Gasteiger partial charge in [0.2, 0.25) is 15.8 Å². The van der Waals surface area contributed by atoms with E-state index in [4.69, 9.17) is 0 Å². The topological polar surface area (TPSA) is 135 Å². The van der Waals surface area contributed by atoms with E-state index < -0.39 is 39.5 Å². The quantitative estimate of drug-likeness (QED) is 0.568. The zero-order chi connectivity index (χ0) is 24.7. The van der Waals surface area contributed by atoms with Crippen molar-refractivity contribution in [1.82, 2.24) is 20.0 Å². The number of carbonyl (C=O) groups is 3. The Hall–Kier alpha value is -2.98. The number of aromatic nitrogens is 2. The van der Waals surface area contributed by atoms with Crippen LogP contribution in [0.1, 0.15) is 44.6 Å². The van der Waals surface area contributed by atoms with E-state index in [9.17, 15) is 22.8 Å². The average Bonchev–Trinajstić information content (AvgIpc) is 2.81. The summed E-state index contributed by atoms with van der Waals surface area (Å²) in [6.45, 7) is 3.71. The van der Waals surface area contributed by atoms with Gasteiger partial charge >= 0.3 is 0 Å². The molecule has 0 aliphatic carbocycles. The molecule has 2 unspecified atom stereocenters. The number of hydrogen-bond acceptors (Lipinski definition) is 7. The van der Waals surface area contributed by atoms with Crippen molar-refractivity contribution in [3.8, 4) is 0 Å². The smallest absolute Gasteiger partial charge is 0.287 e. The lowest BCUT2D eigenvalue weighted by Crippen LogP contribution is -2.46. The maximum atomic E-state index is 13.2. The van der Waals surface area contributed by atoms with E-state index in [1.807, 2.05) is 0 Å². The van der Waals surface area contributed by atoms with E-state index in [1.54, 1.807) is 44.3 Å². The molecule has 1 aliphatic rings. The normalized spacial score (nSPS) is 18.5. The molecular weight excluding hydrogens is 456 g/mol. The molecular formula is C24H30N4O5S. The first-order valence-corrected chi connectivity index (χ1v) is 12.9. The van der Waals surface area contributed by atoms with Crippen molar-refractivity contribution in [3.63, 3.8) is 0 Å². The van der Waals surface area contributed by atoms with Gasteiger partial charge in [-0.15, -0.1) is 0 Å². The zero-order valence-electron chi connectivity index (χ0n) is 19.4. The van der Waals surface area contributed by atoms with Crippen LogP contribution in [0.4, 0.5) is 0 Å². The Morgan fingerprint density at radius 1 is 1.15 bits per heavy atom. The number of hydrogen-bond donors (Lipinski definition) is 2. The van der Waals surface area contributed by atoms with Crippen LogP contribution in [0.25, 0.3) is 0 Å². The lowest BCUT2D eigenvalue weighted by Gasteiger charge is -2.23. The SMILES string of the molecule is CC(C)C(NS(=O)(=O)c1ccccc1)C(=O)CC1CCCc2nccc(n2)CCNC(=O)C1=O. The Balaban J connectivity index is 1.76. The molecule has 0 radical (unpaired) electrons. The van der Waals surface area contributed by atoms with E-state index in [1.165, 1.54) is 12.1 Å². The third-order valence-corrected chi connectivity index (χ3v) is 7.23. The summed E-state index contributed by atoms with van der Waals surface area (Å²) in [5.74, 6) is -2.37. The summed E-state index contributed by atoms with van der Waals surface area (Å²) >= 11 is 0. The van der Waals surface area contributed by atoms with Gasteiger partial charge in [0.1, 0.15) is 5.82 Å². The van der Waals surface area contributed by atoms with E-state index in [2.05, 4.69) is 20.0 Å². The molecule has 10 heteroatoms. The highest BCUT2D eigenvalue weighted by molar-refractivity contribution is 7.89. The molecule has 0 spiro atoms. The molecule has 0 saturated carbocycles. The first-order valence-electron chi connectivity index (χ1n) is 11.4. The van der Waals surface area contributed by atoms with E-state index in [0.717, 1.165) is 5.69 Å². The van der Waals surface area contributed by atoms with Crippen molar-refractivity contribution >= 4 is 27.5 Å². The molecule has 0 saturated heterocycles. The summed E-state index contributed by atoms with van der Waals surface area (Å²) in [4.78, 5) is 47.3. The number of rotatable bonds is 7. The molecule has 34 heavy (non-hydrogen) atoms. The number of nitrogens with one attached hydrogen (secondary N) is 2. The largest absolute Gasteiger partial charge is 0.349 e. The first kappa shape index (κ1) is 25.6. The van der Waals surface area contributed by atoms with Crippen molar-refractivity contribution in [3.05, 3.63) is 54.1 Å². The van der Waals surface area contributed by atoms with Crippen molar-refractivity contribution in [2.24, 2.45) is 11.8 Å². The van der Waals surface area contributed by atoms with E-state index in [-0.39, 0.29) is 23.8 Å². The van der Waals surface area contributed by atoms with Gasteiger partial charge in [-0.2, -0.15) is 0 Å². The molecule has 0 fully saturated rings. The first-order chi connectivity index (χ1) is 16.2. The van der Waals surface area contributed by atoms with Gasteiger partial charge < -0.3 is 5.32 Å². The minimum absolute atomic E-state index is 0.0529. The molecule has 1 aliphatic heterocycles. The van der Waals surface area contributed by atoms with E-state index >= 15 is 0 Å². The summed E-state index contributed by atoms with van der Waals surface area (Å²) in [6, 6.07) is 8.54. The number of fused-ring (bicyclic) bond motifs is 2. The van der Waals surface area contributed by atoms with Gasteiger partial charge in [0.05, 0.1) is 10.9 Å². The molecule has 2 atom stereocenters. The van der Waals surface area contributed by atoms with Crippen LogP contribution < -0.4 is 10.0 Å². The zero-order valence-corrected chi connectivity index (χ0v) is 20.2. The number of benzene rings is 1. The monoisotopic (exact) mass is 486 g/mol. The van der Waals surface area contributed by atoms with Crippen LogP contribution in [-0.4, -0.2) is 48.4 Å². The molecule has 9 nitrogen and oxygen atoms in total. The minimum atomic E-state index is -3.93. The number of sulfonamides is 1. The van der Waals surface area contributed by atoms with Gasteiger partial charge in [0, 0.05) is 43.6 Å². The van der Waals surface area contributed by atoms with Gasteiger partial charge in [-0.3, -0.25) is 14.4 Å².